The van der Waals surface area contributed by atoms with Gasteiger partial charge in [-0.1, -0.05) is 301 Å². The van der Waals surface area contributed by atoms with E-state index in [0.717, 1.165) is 51.4 Å². The third kappa shape index (κ3) is 55.7. The summed E-state index contributed by atoms with van der Waals surface area (Å²) in [4.78, 5) is 24.5. The maximum absolute atomic E-state index is 12.4. The van der Waals surface area contributed by atoms with Crippen LogP contribution >= 0.6 is 0 Å². The van der Waals surface area contributed by atoms with Gasteiger partial charge in [-0.2, -0.15) is 0 Å². The molecule has 0 aliphatic rings. The summed E-state index contributed by atoms with van der Waals surface area (Å²) in [6.07, 6.45) is 73.5. The maximum atomic E-state index is 12.4. The largest absolute Gasteiger partial charge is 0.466 e. The molecular weight excluding hydrogens is 863 g/mol. The van der Waals surface area contributed by atoms with Crippen molar-refractivity contribution in [1.29, 1.82) is 0 Å². The molecule has 0 spiro atoms. The fourth-order valence-electron chi connectivity index (χ4n) is 9.91. The normalized spacial score (nSPS) is 12.7. The van der Waals surface area contributed by atoms with Gasteiger partial charge in [0.05, 0.1) is 25.4 Å². The minimum Gasteiger partial charge on any atom is -0.466 e. The van der Waals surface area contributed by atoms with E-state index in [1.54, 1.807) is 0 Å². The highest BCUT2D eigenvalue weighted by molar-refractivity contribution is 5.76. The van der Waals surface area contributed by atoms with Gasteiger partial charge in [0.25, 0.3) is 0 Å². The maximum Gasteiger partial charge on any atom is 0.305 e. The Bertz CT molecular complexity index is 1090. The summed E-state index contributed by atoms with van der Waals surface area (Å²) in [5, 5.41) is 23.2. The predicted octanol–water partition coefficient (Wildman–Crippen LogP) is 19.8. The van der Waals surface area contributed by atoms with Gasteiger partial charge in [-0.25, -0.2) is 0 Å². The topological polar surface area (TPSA) is 95.9 Å². The second-order valence-electron chi connectivity index (χ2n) is 21.7. The van der Waals surface area contributed by atoms with Crippen molar-refractivity contribution in [1.82, 2.24) is 5.32 Å². The Hall–Kier alpha value is -1.66. The summed E-state index contributed by atoms with van der Waals surface area (Å²) in [6.45, 7) is 4.92. The van der Waals surface area contributed by atoms with Crippen molar-refractivity contribution in [2.75, 3.05) is 13.2 Å². The number of unbranched alkanes of at least 4 members (excludes halogenated alkanes) is 44. The first-order valence-electron chi connectivity index (χ1n) is 31.6. The molecule has 70 heavy (non-hydrogen) atoms. The van der Waals surface area contributed by atoms with Crippen LogP contribution in [0.1, 0.15) is 348 Å². The van der Waals surface area contributed by atoms with E-state index in [9.17, 15) is 19.8 Å². The summed E-state index contributed by atoms with van der Waals surface area (Å²) in [7, 11) is 0. The smallest absolute Gasteiger partial charge is 0.305 e. The van der Waals surface area contributed by atoms with Gasteiger partial charge in [0.1, 0.15) is 0 Å². The molecule has 0 fully saturated rings. The molecule has 0 aliphatic carbocycles. The van der Waals surface area contributed by atoms with E-state index in [1.165, 1.54) is 263 Å². The third-order valence-corrected chi connectivity index (χ3v) is 14.8. The fraction of sp³-hybridized carbons (Fsp3) is 0.906. The third-order valence-electron chi connectivity index (χ3n) is 14.8. The summed E-state index contributed by atoms with van der Waals surface area (Å²) in [5.41, 5.74) is 0. The van der Waals surface area contributed by atoms with Crippen molar-refractivity contribution in [2.24, 2.45) is 0 Å². The van der Waals surface area contributed by atoms with E-state index < -0.39 is 12.1 Å². The van der Waals surface area contributed by atoms with Crippen LogP contribution in [0.3, 0.4) is 0 Å². The highest BCUT2D eigenvalue weighted by Gasteiger charge is 2.20. The highest BCUT2D eigenvalue weighted by atomic mass is 16.5. The average Bonchev–Trinajstić information content (AvgIpc) is 3.36. The molecule has 0 aliphatic heterocycles. The molecule has 3 N–H and O–H groups in total. The van der Waals surface area contributed by atoms with E-state index in [1.807, 2.05) is 0 Å². The Morgan fingerprint density at radius 3 is 1.11 bits per heavy atom. The zero-order valence-electron chi connectivity index (χ0n) is 47.3. The van der Waals surface area contributed by atoms with Crippen LogP contribution in [0.2, 0.25) is 0 Å². The van der Waals surface area contributed by atoms with Gasteiger partial charge in [-0.05, 0) is 57.8 Å². The summed E-state index contributed by atoms with van der Waals surface area (Å²) < 4.78 is 5.48. The van der Waals surface area contributed by atoms with Gasteiger partial charge in [-0.3, -0.25) is 9.59 Å². The minimum absolute atomic E-state index is 0.00494. The first kappa shape index (κ1) is 68.3. The number of hydrogen-bond acceptors (Lipinski definition) is 5. The lowest BCUT2D eigenvalue weighted by molar-refractivity contribution is -0.143. The molecular formula is C64H123NO5. The molecule has 0 aromatic rings. The second kappa shape index (κ2) is 59.9. The zero-order chi connectivity index (χ0) is 50.7. The number of nitrogens with one attached hydrogen (secondary N) is 1. The van der Waals surface area contributed by atoms with Crippen LogP contribution in [0.25, 0.3) is 0 Å². The first-order chi connectivity index (χ1) is 34.5. The van der Waals surface area contributed by atoms with Gasteiger partial charge in [0.2, 0.25) is 5.91 Å². The summed E-state index contributed by atoms with van der Waals surface area (Å²) >= 11 is 0. The van der Waals surface area contributed by atoms with E-state index in [-0.39, 0.29) is 18.5 Å². The SMILES string of the molecule is CCCCC/C=C\C/C=C\CCCCCCCC(=O)OCCCCCCCCCCCCCCCCCCCCCCCCCCCCCCC(=O)NC(CO)C(O)CCCCCCCCCCCC. The second-order valence-corrected chi connectivity index (χ2v) is 21.7. The van der Waals surface area contributed by atoms with E-state index in [4.69, 9.17) is 4.74 Å². The Morgan fingerprint density at radius 2 is 0.714 bits per heavy atom. The van der Waals surface area contributed by atoms with Gasteiger partial charge in [0, 0.05) is 12.8 Å². The molecule has 2 atom stereocenters. The standard InChI is InChI=1S/C64H123NO5/c1-3-5-7-9-11-13-15-16-31-35-38-42-46-50-54-58-64(69)70-59-55-51-47-43-39-36-33-30-28-26-24-22-20-18-17-19-21-23-25-27-29-32-34-37-41-45-49-53-57-63(68)65-61(60-66)62(67)56-52-48-44-40-14-12-10-8-6-4-2/h11,13,16,31,61-62,66-67H,3-10,12,14-15,17-30,32-60H2,1-2H3,(H,65,68)/b13-11-,31-16-. The average molecular weight is 987 g/mol. The monoisotopic (exact) mass is 986 g/mol. The minimum atomic E-state index is -0.660. The lowest BCUT2D eigenvalue weighted by Crippen LogP contribution is -2.45. The molecule has 0 saturated heterocycles. The Morgan fingerprint density at radius 1 is 0.400 bits per heavy atom. The number of rotatable bonds is 59. The van der Waals surface area contributed by atoms with E-state index >= 15 is 0 Å². The molecule has 6 heteroatoms. The molecule has 414 valence electrons. The number of aliphatic hydroxyl groups is 2. The van der Waals surface area contributed by atoms with Gasteiger partial charge < -0.3 is 20.3 Å². The number of carbonyl (C=O) groups excluding carboxylic acids is 2. The van der Waals surface area contributed by atoms with Gasteiger partial charge in [-0.15, -0.1) is 0 Å². The number of hydrogen-bond donors (Lipinski definition) is 3. The molecule has 6 nitrogen and oxygen atoms in total. The number of ether oxygens (including phenoxy) is 1. The van der Waals surface area contributed by atoms with Crippen molar-refractivity contribution in [3.8, 4) is 0 Å². The van der Waals surface area contributed by atoms with Crippen LogP contribution < -0.4 is 5.32 Å². The molecule has 0 saturated carbocycles. The lowest BCUT2D eigenvalue weighted by atomic mass is 10.0. The van der Waals surface area contributed by atoms with Crippen LogP contribution in [-0.4, -0.2) is 47.4 Å². The number of allylic oxidation sites excluding steroid dienone is 4. The Labute approximate surface area is 437 Å². The first-order valence-corrected chi connectivity index (χ1v) is 31.6. The molecule has 0 aromatic heterocycles. The van der Waals surface area contributed by atoms with Gasteiger partial charge >= 0.3 is 5.97 Å². The molecule has 0 heterocycles. The van der Waals surface area contributed by atoms with Crippen LogP contribution in [0, 0.1) is 0 Å². The predicted molar refractivity (Wildman–Crippen MR) is 306 cm³/mol. The number of amides is 1. The number of esters is 1. The summed E-state index contributed by atoms with van der Waals surface area (Å²) in [6, 6.07) is -0.537. The van der Waals surface area contributed by atoms with Crippen molar-refractivity contribution < 1.29 is 24.5 Å². The van der Waals surface area contributed by atoms with Crippen molar-refractivity contribution in [2.45, 2.75) is 360 Å². The van der Waals surface area contributed by atoms with Crippen molar-refractivity contribution in [3.63, 3.8) is 0 Å². The molecule has 1 amide bonds. The number of carbonyl (C=O) groups is 2. The molecule has 0 bridgehead atoms. The van der Waals surface area contributed by atoms with Crippen molar-refractivity contribution >= 4 is 11.9 Å². The molecule has 0 aromatic carbocycles. The van der Waals surface area contributed by atoms with Crippen LogP contribution in [0.4, 0.5) is 0 Å². The molecule has 0 radical (unpaired) electrons. The highest BCUT2D eigenvalue weighted by Crippen LogP contribution is 2.18. The number of aliphatic hydroxyl groups excluding tert-OH is 2. The zero-order valence-corrected chi connectivity index (χ0v) is 47.3. The van der Waals surface area contributed by atoms with Crippen molar-refractivity contribution in [3.05, 3.63) is 24.3 Å². The van der Waals surface area contributed by atoms with E-state index in [2.05, 4.69) is 43.5 Å². The Balaban J connectivity index is 3.32. The fourth-order valence-corrected chi connectivity index (χ4v) is 9.91. The van der Waals surface area contributed by atoms with Crippen LogP contribution in [0.5, 0.6) is 0 Å². The summed E-state index contributed by atoms with van der Waals surface area (Å²) in [5.74, 6) is -0.0274. The van der Waals surface area contributed by atoms with Gasteiger partial charge in [0.15, 0.2) is 0 Å². The molecule has 0 rings (SSSR count). The lowest BCUT2D eigenvalue weighted by Gasteiger charge is -2.22. The molecule has 2 unspecified atom stereocenters. The Kier molecular flexibility index (Phi) is 58.5. The quantitative estimate of drug-likeness (QED) is 0.0321. The van der Waals surface area contributed by atoms with Crippen LogP contribution in [0.15, 0.2) is 24.3 Å². The van der Waals surface area contributed by atoms with Crippen LogP contribution in [-0.2, 0) is 14.3 Å². The van der Waals surface area contributed by atoms with E-state index in [0.29, 0.717) is 25.9 Å².